The van der Waals surface area contributed by atoms with Crippen molar-refractivity contribution >= 4 is 47.3 Å². The fraction of sp³-hybridized carbons (Fsp3) is 0.684. The van der Waals surface area contributed by atoms with E-state index in [-0.39, 0.29) is 32.1 Å². The van der Waals surface area contributed by atoms with Crippen LogP contribution < -0.4 is 33.2 Å². The van der Waals surface area contributed by atoms with Gasteiger partial charge in [-0.1, -0.05) is 0 Å². The molecule has 5 unspecified atom stereocenters. The number of primary amides is 2. The smallest absolute Gasteiger partial charge is 0.326 e. The summed E-state index contributed by atoms with van der Waals surface area (Å²) >= 11 is 1.38. The number of rotatable bonds is 17. The second kappa shape index (κ2) is 15.8. The van der Waals surface area contributed by atoms with Crippen LogP contribution in [0.3, 0.4) is 0 Å². The third-order valence-corrected chi connectivity index (χ3v) is 5.28. The summed E-state index contributed by atoms with van der Waals surface area (Å²) in [5.41, 5.74) is 15.8. The van der Waals surface area contributed by atoms with Crippen molar-refractivity contribution in [3.63, 3.8) is 0 Å². The molecule has 0 aromatic heterocycles. The van der Waals surface area contributed by atoms with Gasteiger partial charge in [-0.15, -0.1) is 0 Å². The highest BCUT2D eigenvalue weighted by Crippen LogP contribution is 2.05. The molecular weight excluding hydrogens is 472 g/mol. The Bertz CT molecular complexity index is 750. The van der Waals surface area contributed by atoms with E-state index in [1.165, 1.54) is 18.7 Å². The zero-order valence-electron chi connectivity index (χ0n) is 19.1. The van der Waals surface area contributed by atoms with E-state index in [0.29, 0.717) is 5.75 Å². The highest BCUT2D eigenvalue weighted by Gasteiger charge is 2.32. The lowest BCUT2D eigenvalue weighted by atomic mass is 10.1. The largest absolute Gasteiger partial charge is 0.480 e. The van der Waals surface area contributed by atoms with Gasteiger partial charge < -0.3 is 43.4 Å². The summed E-state index contributed by atoms with van der Waals surface area (Å²) in [6.07, 6.45) is -0.340. The van der Waals surface area contributed by atoms with Gasteiger partial charge in [-0.3, -0.25) is 24.0 Å². The van der Waals surface area contributed by atoms with E-state index in [1.54, 1.807) is 6.26 Å². The van der Waals surface area contributed by atoms with Crippen molar-refractivity contribution in [2.24, 2.45) is 17.2 Å². The van der Waals surface area contributed by atoms with Crippen LogP contribution >= 0.6 is 11.8 Å². The summed E-state index contributed by atoms with van der Waals surface area (Å²) < 4.78 is 0. The van der Waals surface area contributed by atoms with Crippen molar-refractivity contribution < 1.29 is 39.0 Å². The molecule has 0 saturated carbocycles. The Labute approximate surface area is 201 Å². The van der Waals surface area contributed by atoms with Crippen LogP contribution in [0.5, 0.6) is 0 Å². The first-order valence-electron chi connectivity index (χ1n) is 10.4. The van der Waals surface area contributed by atoms with Crippen molar-refractivity contribution in [3.05, 3.63) is 0 Å². The second-order valence-corrected chi connectivity index (χ2v) is 8.57. The predicted octanol–water partition coefficient (Wildman–Crippen LogP) is -3.48. The van der Waals surface area contributed by atoms with E-state index in [9.17, 15) is 39.0 Å². The normalized spacial score (nSPS) is 15.2. The van der Waals surface area contributed by atoms with Gasteiger partial charge in [0.25, 0.3) is 0 Å². The zero-order valence-corrected chi connectivity index (χ0v) is 19.9. The van der Waals surface area contributed by atoms with Gasteiger partial charge in [0.2, 0.25) is 29.5 Å². The molecule has 15 heteroatoms. The van der Waals surface area contributed by atoms with Gasteiger partial charge in [-0.2, -0.15) is 11.8 Å². The van der Waals surface area contributed by atoms with Crippen LogP contribution in [-0.2, 0) is 28.8 Å². The van der Waals surface area contributed by atoms with Crippen molar-refractivity contribution in [2.75, 3.05) is 12.0 Å². The van der Waals surface area contributed by atoms with Gasteiger partial charge in [-0.05, 0) is 38.2 Å². The van der Waals surface area contributed by atoms with E-state index in [0.717, 1.165) is 0 Å². The summed E-state index contributed by atoms with van der Waals surface area (Å²) in [5, 5.41) is 26.1. The number of carboxylic acid groups (broad SMARTS) is 1. The second-order valence-electron chi connectivity index (χ2n) is 7.59. The number of aliphatic hydroxyl groups is 1. The minimum atomic E-state index is -1.56. The molecule has 14 nitrogen and oxygen atoms in total. The number of amides is 5. The topological polar surface area (TPSA) is 257 Å². The maximum Gasteiger partial charge on any atom is 0.326 e. The lowest BCUT2D eigenvalue weighted by molar-refractivity contribution is -0.143. The Morgan fingerprint density at radius 2 is 1.35 bits per heavy atom. The number of aliphatic hydroxyl groups excluding tert-OH is 1. The maximum atomic E-state index is 12.8. The predicted molar refractivity (Wildman–Crippen MR) is 123 cm³/mol. The number of nitrogens with two attached hydrogens (primary N) is 3. The van der Waals surface area contributed by atoms with Crippen LogP contribution in [0.4, 0.5) is 0 Å². The van der Waals surface area contributed by atoms with Crippen molar-refractivity contribution in [1.82, 2.24) is 16.0 Å². The average Bonchev–Trinajstić information content (AvgIpc) is 2.74. The molecule has 194 valence electrons. The number of hydrogen-bond donors (Lipinski definition) is 8. The molecule has 0 rings (SSSR count). The number of carbonyl (C=O) groups is 6. The zero-order chi connectivity index (χ0) is 26.4. The fourth-order valence-corrected chi connectivity index (χ4v) is 3.15. The number of carbonyl (C=O) groups excluding carboxylic acids is 5. The fourth-order valence-electron chi connectivity index (χ4n) is 2.68. The third kappa shape index (κ3) is 12.4. The van der Waals surface area contributed by atoms with Gasteiger partial charge in [0.15, 0.2) is 0 Å². The van der Waals surface area contributed by atoms with Crippen LogP contribution in [0, 0.1) is 0 Å². The molecule has 0 spiro atoms. The van der Waals surface area contributed by atoms with Crippen LogP contribution in [-0.4, -0.2) is 88.0 Å². The van der Waals surface area contributed by atoms with E-state index in [2.05, 4.69) is 16.0 Å². The molecular formula is C19H34N6O8S. The molecule has 0 aliphatic rings. The van der Waals surface area contributed by atoms with Gasteiger partial charge in [0.1, 0.15) is 18.1 Å². The molecule has 11 N–H and O–H groups in total. The first-order chi connectivity index (χ1) is 15.8. The summed E-state index contributed by atoms with van der Waals surface area (Å²) in [7, 11) is 0. The Kier molecular flexibility index (Phi) is 14.5. The Morgan fingerprint density at radius 3 is 1.82 bits per heavy atom. The quantitative estimate of drug-likeness (QED) is 0.0965. The third-order valence-electron chi connectivity index (χ3n) is 4.64. The van der Waals surface area contributed by atoms with E-state index >= 15 is 0 Å². The monoisotopic (exact) mass is 506 g/mol. The molecule has 0 aliphatic carbocycles. The number of nitrogens with one attached hydrogen (secondary N) is 3. The molecule has 0 radical (unpaired) electrons. The Morgan fingerprint density at radius 1 is 0.824 bits per heavy atom. The maximum absolute atomic E-state index is 12.8. The van der Waals surface area contributed by atoms with Gasteiger partial charge >= 0.3 is 5.97 Å². The highest BCUT2D eigenvalue weighted by atomic mass is 32.2. The standard InChI is InChI=1S/C19H34N6O8S/c1-9(26)15(18(31)24-12(19(32)33)7-8-34-2)25-17(30)11(4-6-14(22)28)23-16(29)10(20)3-5-13(21)27/h9-12,15,26H,3-8,20H2,1-2H3,(H2,21,27)(H2,22,28)(H,23,29)(H,24,31)(H,25,30)(H,32,33). The number of thioether (sulfide) groups is 1. The van der Waals surface area contributed by atoms with Crippen LogP contribution in [0.15, 0.2) is 0 Å². The van der Waals surface area contributed by atoms with Gasteiger partial charge in [-0.25, -0.2) is 4.79 Å². The molecule has 0 aliphatic heterocycles. The lowest BCUT2D eigenvalue weighted by Crippen LogP contribution is -2.60. The van der Waals surface area contributed by atoms with E-state index in [1.807, 2.05) is 0 Å². The van der Waals surface area contributed by atoms with Crippen LogP contribution in [0.2, 0.25) is 0 Å². The Balaban J connectivity index is 5.43. The molecule has 5 amide bonds. The molecule has 0 saturated heterocycles. The molecule has 0 bridgehead atoms. The average molecular weight is 507 g/mol. The molecule has 0 aromatic rings. The van der Waals surface area contributed by atoms with Crippen LogP contribution in [0.1, 0.15) is 39.0 Å². The molecule has 0 fully saturated rings. The number of carboxylic acids is 1. The summed E-state index contributed by atoms with van der Waals surface area (Å²) in [6, 6.07) is -5.34. The summed E-state index contributed by atoms with van der Waals surface area (Å²) in [4.78, 5) is 71.1. The highest BCUT2D eigenvalue weighted by molar-refractivity contribution is 7.98. The van der Waals surface area contributed by atoms with Crippen LogP contribution in [0.25, 0.3) is 0 Å². The van der Waals surface area contributed by atoms with Crippen molar-refractivity contribution in [1.29, 1.82) is 0 Å². The summed E-state index contributed by atoms with van der Waals surface area (Å²) in [6.45, 7) is 1.21. The van der Waals surface area contributed by atoms with Gasteiger partial charge in [0, 0.05) is 12.8 Å². The summed E-state index contributed by atoms with van der Waals surface area (Å²) in [5.74, 6) is -4.97. The molecule has 0 aromatic carbocycles. The minimum Gasteiger partial charge on any atom is -0.480 e. The SMILES string of the molecule is CSCCC(NC(=O)C(NC(=O)C(CCC(N)=O)NC(=O)C(N)CCC(N)=O)C(C)O)C(=O)O. The first-order valence-corrected chi connectivity index (χ1v) is 11.8. The molecule has 0 heterocycles. The Hall–Kier alpha value is -2.91. The van der Waals surface area contributed by atoms with Gasteiger partial charge in [0.05, 0.1) is 12.1 Å². The van der Waals surface area contributed by atoms with E-state index in [4.69, 9.17) is 17.2 Å². The van der Waals surface area contributed by atoms with Crippen molar-refractivity contribution in [3.8, 4) is 0 Å². The number of hydrogen-bond acceptors (Lipinski definition) is 9. The number of aliphatic carboxylic acids is 1. The van der Waals surface area contributed by atoms with Crippen molar-refractivity contribution in [2.45, 2.75) is 69.3 Å². The molecule has 34 heavy (non-hydrogen) atoms. The molecule has 5 atom stereocenters. The van der Waals surface area contributed by atoms with E-state index < -0.39 is 65.8 Å². The first kappa shape index (κ1) is 31.1. The lowest BCUT2D eigenvalue weighted by Gasteiger charge is -2.26. The minimum absolute atomic E-state index is 0.0867.